The normalized spacial score (nSPS) is 12.7. The molecule has 0 atom stereocenters. The molecule has 1 aliphatic rings. The highest BCUT2D eigenvalue weighted by molar-refractivity contribution is 7.12. The summed E-state index contributed by atoms with van der Waals surface area (Å²) in [6.45, 7) is 0.603. The van der Waals surface area contributed by atoms with Crippen LogP contribution in [0.1, 0.15) is 15.3 Å². The number of nitrogens with one attached hydrogen (secondary N) is 2. The van der Waals surface area contributed by atoms with E-state index in [1.165, 1.54) is 11.3 Å². The highest BCUT2D eigenvalue weighted by Crippen LogP contribution is 2.33. The minimum Gasteiger partial charge on any atom is -0.379 e. The summed E-state index contributed by atoms with van der Waals surface area (Å²) in [5, 5.41) is 15.4. The van der Waals surface area contributed by atoms with Crippen molar-refractivity contribution >= 4 is 40.2 Å². The fraction of sp³-hybridized carbons (Fsp3) is 0.143. The van der Waals surface area contributed by atoms with Gasteiger partial charge in [-0.2, -0.15) is 5.26 Å². The molecule has 1 aliphatic heterocycles. The van der Waals surface area contributed by atoms with E-state index in [4.69, 9.17) is 16.9 Å². The molecule has 2 heterocycles. The zero-order valence-electron chi connectivity index (χ0n) is 10.4. The molecule has 100 valence electrons. The third-order valence-electron chi connectivity index (χ3n) is 3.04. The van der Waals surface area contributed by atoms with Crippen LogP contribution in [0.4, 0.5) is 11.4 Å². The number of nitriles is 1. The van der Waals surface area contributed by atoms with Gasteiger partial charge in [-0.3, -0.25) is 4.79 Å². The van der Waals surface area contributed by atoms with Crippen LogP contribution in [-0.4, -0.2) is 5.91 Å². The maximum absolute atomic E-state index is 11.3. The Morgan fingerprint density at radius 3 is 3.05 bits per heavy atom. The van der Waals surface area contributed by atoms with E-state index in [-0.39, 0.29) is 5.91 Å². The summed E-state index contributed by atoms with van der Waals surface area (Å²) in [5.41, 5.74) is 2.54. The number of carbonyl (C=O) groups excluding carboxylic acids is 1. The van der Waals surface area contributed by atoms with Gasteiger partial charge in [0, 0.05) is 17.1 Å². The summed E-state index contributed by atoms with van der Waals surface area (Å²) in [5.74, 6) is -0.00913. The molecular weight excluding hydrogens is 294 g/mol. The van der Waals surface area contributed by atoms with Crippen LogP contribution in [0.3, 0.4) is 0 Å². The van der Waals surface area contributed by atoms with Crippen molar-refractivity contribution in [3.63, 3.8) is 0 Å². The van der Waals surface area contributed by atoms with Crippen LogP contribution in [-0.2, 0) is 17.8 Å². The molecule has 6 heteroatoms. The van der Waals surface area contributed by atoms with E-state index >= 15 is 0 Å². The van der Waals surface area contributed by atoms with Crippen molar-refractivity contribution in [1.29, 1.82) is 5.26 Å². The van der Waals surface area contributed by atoms with Crippen molar-refractivity contribution in [3.8, 4) is 6.07 Å². The number of benzene rings is 1. The van der Waals surface area contributed by atoms with Gasteiger partial charge in [0.25, 0.3) is 0 Å². The number of hydrogen-bond donors (Lipinski definition) is 2. The molecule has 0 saturated carbocycles. The lowest BCUT2D eigenvalue weighted by atomic mass is 10.1. The monoisotopic (exact) mass is 303 g/mol. The number of nitrogens with zero attached hydrogens (tertiary/aromatic N) is 1. The second-order valence-electron chi connectivity index (χ2n) is 4.45. The smallest absolute Gasteiger partial charge is 0.228 e. The molecule has 1 aromatic heterocycles. The molecule has 0 spiro atoms. The zero-order chi connectivity index (χ0) is 14.1. The fourth-order valence-electron chi connectivity index (χ4n) is 2.10. The van der Waals surface area contributed by atoms with E-state index in [1.54, 1.807) is 12.1 Å². The number of halogens is 1. The largest absolute Gasteiger partial charge is 0.379 e. The molecule has 1 aromatic carbocycles. The molecule has 0 unspecified atom stereocenters. The Hall–Kier alpha value is -2.03. The Labute approximate surface area is 125 Å². The first-order chi connectivity index (χ1) is 9.65. The molecule has 0 bridgehead atoms. The third kappa shape index (κ3) is 2.48. The molecule has 4 nitrogen and oxygen atoms in total. The summed E-state index contributed by atoms with van der Waals surface area (Å²) >= 11 is 7.64. The summed E-state index contributed by atoms with van der Waals surface area (Å²) < 4.78 is 0. The molecule has 3 rings (SSSR count). The molecule has 2 N–H and O–H groups in total. The predicted molar refractivity (Wildman–Crippen MR) is 80.1 cm³/mol. The minimum absolute atomic E-state index is 0.00913. The number of amides is 1. The molecule has 0 saturated heterocycles. The van der Waals surface area contributed by atoms with Gasteiger partial charge >= 0.3 is 0 Å². The van der Waals surface area contributed by atoms with Crippen LogP contribution in [0.5, 0.6) is 0 Å². The molecular formula is C14H10ClN3OS. The van der Waals surface area contributed by atoms with E-state index in [0.717, 1.165) is 21.8 Å². The molecule has 0 aliphatic carbocycles. The highest BCUT2D eigenvalue weighted by Gasteiger charge is 2.19. The summed E-state index contributed by atoms with van der Waals surface area (Å²) in [6, 6.07) is 9.49. The van der Waals surface area contributed by atoms with Gasteiger partial charge in [-0.25, -0.2) is 0 Å². The highest BCUT2D eigenvalue weighted by atomic mass is 35.5. The second kappa shape index (κ2) is 5.16. The van der Waals surface area contributed by atoms with Gasteiger partial charge < -0.3 is 10.6 Å². The van der Waals surface area contributed by atoms with Crippen LogP contribution in [0.2, 0.25) is 5.02 Å². The van der Waals surface area contributed by atoms with Gasteiger partial charge in [0.15, 0.2) is 0 Å². The fourth-order valence-corrected chi connectivity index (χ4v) is 3.07. The molecule has 0 fully saturated rings. The van der Waals surface area contributed by atoms with Crippen LogP contribution in [0.25, 0.3) is 0 Å². The SMILES string of the molecule is N#Cc1ccc(CNc2cc3c(cc2Cl)NC(=O)C3)s1. The van der Waals surface area contributed by atoms with Crippen molar-refractivity contribution in [2.45, 2.75) is 13.0 Å². The Morgan fingerprint density at radius 2 is 2.30 bits per heavy atom. The third-order valence-corrected chi connectivity index (χ3v) is 4.35. The second-order valence-corrected chi connectivity index (χ2v) is 6.02. The Bertz CT molecular complexity index is 733. The Morgan fingerprint density at radius 1 is 1.45 bits per heavy atom. The topological polar surface area (TPSA) is 64.9 Å². The van der Waals surface area contributed by atoms with Gasteiger partial charge in [-0.15, -0.1) is 11.3 Å². The van der Waals surface area contributed by atoms with E-state index in [1.807, 2.05) is 12.1 Å². The first kappa shape index (κ1) is 13.0. The minimum atomic E-state index is -0.00913. The maximum atomic E-state index is 11.3. The number of hydrogen-bond acceptors (Lipinski definition) is 4. The van der Waals surface area contributed by atoms with Gasteiger partial charge in [-0.05, 0) is 29.8 Å². The summed E-state index contributed by atoms with van der Waals surface area (Å²) in [4.78, 5) is 13.1. The Kier molecular flexibility index (Phi) is 3.35. The summed E-state index contributed by atoms with van der Waals surface area (Å²) in [7, 11) is 0. The number of fused-ring (bicyclic) bond motifs is 1. The quantitative estimate of drug-likeness (QED) is 0.913. The summed E-state index contributed by atoms with van der Waals surface area (Å²) in [6.07, 6.45) is 0.388. The van der Waals surface area contributed by atoms with E-state index in [0.29, 0.717) is 22.9 Å². The van der Waals surface area contributed by atoms with Gasteiger partial charge in [0.1, 0.15) is 10.9 Å². The number of rotatable bonds is 3. The Balaban J connectivity index is 1.77. The van der Waals surface area contributed by atoms with Crippen LogP contribution >= 0.6 is 22.9 Å². The van der Waals surface area contributed by atoms with Gasteiger partial charge in [0.2, 0.25) is 5.91 Å². The molecule has 2 aromatic rings. The molecule has 0 radical (unpaired) electrons. The van der Waals surface area contributed by atoms with Crippen LogP contribution in [0.15, 0.2) is 24.3 Å². The number of carbonyl (C=O) groups is 1. The number of anilines is 2. The molecule has 20 heavy (non-hydrogen) atoms. The molecule has 1 amide bonds. The van der Waals surface area contributed by atoms with Crippen molar-refractivity contribution in [1.82, 2.24) is 0 Å². The lowest BCUT2D eigenvalue weighted by Crippen LogP contribution is -2.03. The lowest BCUT2D eigenvalue weighted by Gasteiger charge is -2.09. The van der Waals surface area contributed by atoms with E-state index in [2.05, 4.69) is 16.7 Å². The average Bonchev–Trinajstić information content (AvgIpc) is 3.01. The van der Waals surface area contributed by atoms with E-state index in [9.17, 15) is 4.79 Å². The van der Waals surface area contributed by atoms with Gasteiger partial charge in [-0.1, -0.05) is 11.6 Å². The predicted octanol–water partition coefficient (Wildman–Crippen LogP) is 3.38. The van der Waals surface area contributed by atoms with Crippen LogP contribution < -0.4 is 10.6 Å². The zero-order valence-corrected chi connectivity index (χ0v) is 11.9. The standard InChI is InChI=1S/C14H10ClN3OS/c15-11-5-12-8(4-14(19)18-12)3-13(11)17-7-10-2-1-9(6-16)20-10/h1-3,5,17H,4,7H2,(H,18,19). The maximum Gasteiger partial charge on any atom is 0.228 e. The van der Waals surface area contributed by atoms with E-state index < -0.39 is 0 Å². The van der Waals surface area contributed by atoms with Gasteiger partial charge in [0.05, 0.1) is 17.1 Å². The first-order valence-corrected chi connectivity index (χ1v) is 7.20. The van der Waals surface area contributed by atoms with Crippen LogP contribution in [0, 0.1) is 11.3 Å². The average molecular weight is 304 g/mol. The first-order valence-electron chi connectivity index (χ1n) is 6.00. The van der Waals surface area contributed by atoms with Crippen molar-refractivity contribution < 1.29 is 4.79 Å². The lowest BCUT2D eigenvalue weighted by molar-refractivity contribution is -0.115. The van der Waals surface area contributed by atoms with Crippen molar-refractivity contribution in [3.05, 3.63) is 44.6 Å². The van der Waals surface area contributed by atoms with Crippen molar-refractivity contribution in [2.75, 3.05) is 10.6 Å². The van der Waals surface area contributed by atoms with Crippen molar-refractivity contribution in [2.24, 2.45) is 0 Å². The number of thiophene rings is 1.